The number of carbonyl (C=O) groups excluding carboxylic acids is 3. The minimum absolute atomic E-state index is 0.0287. The van der Waals surface area contributed by atoms with Crippen LogP contribution in [-0.2, 0) is 4.79 Å². The summed E-state index contributed by atoms with van der Waals surface area (Å²) in [4.78, 5) is 38.0. The normalized spacial score (nSPS) is 15.3. The molecule has 160 valence electrons. The molecule has 4 amide bonds. The van der Waals surface area contributed by atoms with Crippen molar-refractivity contribution in [2.45, 2.75) is 45.2 Å². The van der Waals surface area contributed by atoms with Crippen LogP contribution in [0.15, 0.2) is 41.1 Å². The molecule has 1 fully saturated rings. The Morgan fingerprint density at radius 2 is 1.83 bits per heavy atom. The van der Waals surface area contributed by atoms with Gasteiger partial charge in [0.05, 0.1) is 6.04 Å². The van der Waals surface area contributed by atoms with Gasteiger partial charge in [-0.3, -0.25) is 9.59 Å². The zero-order valence-electron chi connectivity index (χ0n) is 17.3. The number of nitrogens with one attached hydrogen (secondary N) is 3. The summed E-state index contributed by atoms with van der Waals surface area (Å²) in [5.41, 5.74) is 2.40. The van der Waals surface area contributed by atoms with Gasteiger partial charge in [-0.05, 0) is 48.9 Å². The molecular weight excluding hydrogens is 400 g/mol. The number of piperidine rings is 1. The van der Waals surface area contributed by atoms with Crippen molar-refractivity contribution in [2.75, 3.05) is 18.4 Å². The number of hydrogen-bond acceptors (Lipinski definition) is 4. The predicted octanol–water partition coefficient (Wildman–Crippen LogP) is 3.76. The molecule has 0 spiro atoms. The topological polar surface area (TPSA) is 90.5 Å². The second-order valence-corrected chi connectivity index (χ2v) is 8.22. The maximum Gasteiger partial charge on any atom is 0.317 e. The maximum absolute atomic E-state index is 12.6. The highest BCUT2D eigenvalue weighted by atomic mass is 32.1. The average molecular weight is 429 g/mol. The number of amides is 4. The van der Waals surface area contributed by atoms with Crippen LogP contribution in [-0.4, -0.2) is 41.9 Å². The number of urea groups is 1. The minimum atomic E-state index is -0.149. The predicted molar refractivity (Wildman–Crippen MR) is 119 cm³/mol. The van der Waals surface area contributed by atoms with Crippen LogP contribution in [0, 0.1) is 0 Å². The van der Waals surface area contributed by atoms with E-state index in [1.54, 1.807) is 4.90 Å². The molecule has 3 rings (SSSR count). The van der Waals surface area contributed by atoms with Crippen LogP contribution >= 0.6 is 11.3 Å². The lowest BCUT2D eigenvalue weighted by Crippen LogP contribution is -2.49. The number of carbonyl (C=O) groups is 3. The second-order valence-electron chi connectivity index (χ2n) is 7.44. The zero-order chi connectivity index (χ0) is 21.5. The van der Waals surface area contributed by atoms with Crippen molar-refractivity contribution in [3.05, 3.63) is 52.2 Å². The number of hydrogen-bond donors (Lipinski definition) is 3. The molecule has 0 aliphatic carbocycles. The molecule has 0 bridgehead atoms. The van der Waals surface area contributed by atoms with Gasteiger partial charge in [0.1, 0.15) is 0 Å². The molecule has 0 radical (unpaired) electrons. The molecule has 1 aromatic heterocycles. The molecule has 1 aliphatic heterocycles. The lowest BCUT2D eigenvalue weighted by molar-refractivity contribution is -0.115. The van der Waals surface area contributed by atoms with E-state index in [4.69, 9.17) is 0 Å². The molecule has 3 N–H and O–H groups in total. The summed E-state index contributed by atoms with van der Waals surface area (Å²) in [6.45, 7) is 4.96. The van der Waals surface area contributed by atoms with Gasteiger partial charge in [0, 0.05) is 42.2 Å². The average Bonchev–Trinajstić information content (AvgIpc) is 3.29. The third-order valence-corrected chi connectivity index (χ3v) is 5.94. The first-order valence-corrected chi connectivity index (χ1v) is 11.2. The van der Waals surface area contributed by atoms with Crippen molar-refractivity contribution in [1.29, 1.82) is 0 Å². The largest absolute Gasteiger partial charge is 0.349 e. The van der Waals surface area contributed by atoms with Gasteiger partial charge in [0.25, 0.3) is 5.91 Å². The van der Waals surface area contributed by atoms with Crippen molar-refractivity contribution in [3.8, 4) is 0 Å². The number of nitrogens with zero attached hydrogens (tertiary/aromatic N) is 1. The van der Waals surface area contributed by atoms with E-state index in [9.17, 15) is 14.4 Å². The molecule has 1 aliphatic rings. The van der Waals surface area contributed by atoms with Gasteiger partial charge in [0.2, 0.25) is 5.91 Å². The zero-order valence-corrected chi connectivity index (χ0v) is 18.1. The lowest BCUT2D eigenvalue weighted by atomic mass is 10.0. The maximum atomic E-state index is 12.6. The molecule has 1 saturated heterocycles. The Hall–Kier alpha value is -2.87. The summed E-state index contributed by atoms with van der Waals surface area (Å²) in [6, 6.07) is 9.14. The van der Waals surface area contributed by atoms with Crippen molar-refractivity contribution in [1.82, 2.24) is 15.5 Å². The first kappa shape index (κ1) is 21.8. The Labute approximate surface area is 180 Å². The molecule has 8 heteroatoms. The van der Waals surface area contributed by atoms with E-state index in [1.165, 1.54) is 11.3 Å². The third-order valence-electron chi connectivity index (χ3n) is 5.26. The Kier molecular flexibility index (Phi) is 7.46. The van der Waals surface area contributed by atoms with Crippen molar-refractivity contribution in [2.24, 2.45) is 0 Å². The second kappa shape index (κ2) is 10.2. The molecule has 0 saturated carbocycles. The van der Waals surface area contributed by atoms with Crippen molar-refractivity contribution >= 4 is 34.9 Å². The van der Waals surface area contributed by atoms with Crippen LogP contribution in [0.3, 0.4) is 0 Å². The highest BCUT2D eigenvalue weighted by Crippen LogP contribution is 2.18. The fraction of sp³-hybridized carbons (Fsp3) is 0.409. The number of benzene rings is 1. The summed E-state index contributed by atoms with van der Waals surface area (Å²) in [5.74, 6) is -0.0784. The summed E-state index contributed by atoms with van der Waals surface area (Å²) in [7, 11) is 0. The number of thiophene rings is 1. The van der Waals surface area contributed by atoms with Gasteiger partial charge in [-0.2, -0.15) is 11.3 Å². The number of rotatable bonds is 6. The molecular formula is C22H28N4O3S. The van der Waals surface area contributed by atoms with Crippen LogP contribution in [0.25, 0.3) is 0 Å². The van der Waals surface area contributed by atoms with Gasteiger partial charge < -0.3 is 20.9 Å². The van der Waals surface area contributed by atoms with E-state index in [2.05, 4.69) is 16.0 Å². The SMILES string of the molecule is CCC(=O)Nc1ccc(C(C)NC(=O)N2CCC(NC(=O)c3ccsc3)CC2)cc1. The van der Waals surface area contributed by atoms with Crippen LogP contribution < -0.4 is 16.0 Å². The Bertz CT molecular complexity index is 859. The van der Waals surface area contributed by atoms with Gasteiger partial charge in [0.15, 0.2) is 0 Å². The molecule has 1 unspecified atom stereocenters. The monoisotopic (exact) mass is 428 g/mol. The molecule has 2 aromatic rings. The molecule has 2 heterocycles. The summed E-state index contributed by atoms with van der Waals surface area (Å²) in [6.07, 6.45) is 1.91. The smallest absolute Gasteiger partial charge is 0.317 e. The molecule has 1 atom stereocenters. The van der Waals surface area contributed by atoms with Crippen LogP contribution in [0.2, 0.25) is 0 Å². The Balaban J connectivity index is 1.45. The van der Waals surface area contributed by atoms with Crippen LogP contribution in [0.4, 0.5) is 10.5 Å². The molecule has 1 aromatic carbocycles. The number of likely N-dealkylation sites (tertiary alicyclic amines) is 1. The van der Waals surface area contributed by atoms with Gasteiger partial charge in [-0.1, -0.05) is 19.1 Å². The fourth-order valence-corrected chi connectivity index (χ4v) is 3.99. The fourth-order valence-electron chi connectivity index (χ4n) is 3.35. The van der Waals surface area contributed by atoms with Crippen molar-refractivity contribution < 1.29 is 14.4 Å². The Morgan fingerprint density at radius 3 is 2.43 bits per heavy atom. The summed E-state index contributed by atoms with van der Waals surface area (Å²) < 4.78 is 0. The quantitative estimate of drug-likeness (QED) is 0.654. The highest BCUT2D eigenvalue weighted by molar-refractivity contribution is 7.08. The van der Waals surface area contributed by atoms with E-state index < -0.39 is 0 Å². The summed E-state index contributed by atoms with van der Waals surface area (Å²) in [5, 5.41) is 12.6. The highest BCUT2D eigenvalue weighted by Gasteiger charge is 2.25. The minimum Gasteiger partial charge on any atom is -0.349 e. The van der Waals surface area contributed by atoms with Gasteiger partial charge in [-0.25, -0.2) is 4.79 Å². The van der Waals surface area contributed by atoms with E-state index in [0.29, 0.717) is 25.1 Å². The van der Waals surface area contributed by atoms with Gasteiger partial charge >= 0.3 is 6.03 Å². The van der Waals surface area contributed by atoms with E-state index in [-0.39, 0.29) is 29.9 Å². The standard InChI is InChI=1S/C22H28N4O3S/c1-3-20(27)24-18-6-4-16(5-7-18)15(2)23-22(29)26-11-8-19(9-12-26)25-21(28)17-10-13-30-14-17/h4-7,10,13-15,19H,3,8-9,11-12H2,1-2H3,(H,23,29)(H,24,27)(H,25,28). The molecule has 30 heavy (non-hydrogen) atoms. The molecule has 7 nitrogen and oxygen atoms in total. The van der Waals surface area contributed by atoms with E-state index in [0.717, 1.165) is 24.1 Å². The lowest BCUT2D eigenvalue weighted by Gasteiger charge is -2.33. The van der Waals surface area contributed by atoms with Crippen LogP contribution in [0.5, 0.6) is 0 Å². The first-order valence-electron chi connectivity index (χ1n) is 10.2. The van der Waals surface area contributed by atoms with E-state index >= 15 is 0 Å². The Morgan fingerprint density at radius 1 is 1.13 bits per heavy atom. The van der Waals surface area contributed by atoms with Crippen molar-refractivity contribution in [3.63, 3.8) is 0 Å². The summed E-state index contributed by atoms with van der Waals surface area (Å²) >= 11 is 1.50. The van der Waals surface area contributed by atoms with E-state index in [1.807, 2.05) is 54.9 Å². The number of anilines is 1. The van der Waals surface area contributed by atoms with Crippen LogP contribution in [0.1, 0.15) is 55.1 Å². The third kappa shape index (κ3) is 5.82. The first-order chi connectivity index (χ1) is 14.5. The van der Waals surface area contributed by atoms with Gasteiger partial charge in [-0.15, -0.1) is 0 Å².